The maximum absolute atomic E-state index is 12.1. The Kier molecular flexibility index (Phi) is 2.91. The molecule has 2 aromatic heterocycles. The summed E-state index contributed by atoms with van der Waals surface area (Å²) in [6.45, 7) is 1.91. The van der Waals surface area contributed by atoms with E-state index in [4.69, 9.17) is 0 Å². The fraction of sp³-hybridized carbons (Fsp3) is 0.385. The zero-order chi connectivity index (χ0) is 12.5. The van der Waals surface area contributed by atoms with Gasteiger partial charge in [-0.3, -0.25) is 4.79 Å². The van der Waals surface area contributed by atoms with Crippen LogP contribution in [-0.2, 0) is 4.79 Å². The summed E-state index contributed by atoms with van der Waals surface area (Å²) < 4.78 is 1.93. The molecule has 0 aliphatic heterocycles. The summed E-state index contributed by atoms with van der Waals surface area (Å²) in [7, 11) is 0. The minimum absolute atomic E-state index is 0.0771. The predicted octanol–water partition coefficient (Wildman–Crippen LogP) is 2.45. The zero-order valence-electron chi connectivity index (χ0n) is 10.2. The number of thiophene rings is 1. The van der Waals surface area contributed by atoms with Gasteiger partial charge in [-0.25, -0.2) is 4.98 Å². The number of rotatable bonds is 4. The fourth-order valence-corrected chi connectivity index (χ4v) is 2.62. The van der Waals surface area contributed by atoms with Crippen molar-refractivity contribution in [2.45, 2.75) is 31.8 Å². The van der Waals surface area contributed by atoms with E-state index in [2.05, 4.69) is 10.3 Å². The normalized spacial score (nSPS) is 16.5. The summed E-state index contributed by atoms with van der Waals surface area (Å²) in [6.07, 6.45) is 5.84. The van der Waals surface area contributed by atoms with Gasteiger partial charge in [0.25, 0.3) is 0 Å². The molecule has 1 fully saturated rings. The van der Waals surface area contributed by atoms with Gasteiger partial charge in [-0.2, -0.15) is 0 Å². The van der Waals surface area contributed by atoms with Gasteiger partial charge in [0.1, 0.15) is 6.04 Å². The summed E-state index contributed by atoms with van der Waals surface area (Å²) in [5.74, 6) is 0.941. The highest BCUT2D eigenvalue weighted by Crippen LogP contribution is 2.26. The fourth-order valence-electron chi connectivity index (χ4n) is 1.90. The number of hydrogen-bond acceptors (Lipinski definition) is 3. The van der Waals surface area contributed by atoms with Crippen LogP contribution in [0.5, 0.6) is 0 Å². The lowest BCUT2D eigenvalue weighted by atomic mass is 10.3. The third-order valence-corrected chi connectivity index (χ3v) is 4.00. The molecule has 1 aliphatic rings. The van der Waals surface area contributed by atoms with Crippen LogP contribution >= 0.6 is 11.3 Å². The lowest BCUT2D eigenvalue weighted by molar-refractivity contribution is -0.123. The summed E-state index contributed by atoms with van der Waals surface area (Å²) in [5.41, 5.74) is 0. The predicted molar refractivity (Wildman–Crippen MR) is 71.4 cm³/mol. The topological polar surface area (TPSA) is 46.9 Å². The van der Waals surface area contributed by atoms with Crippen LogP contribution in [0.4, 0.5) is 0 Å². The van der Waals surface area contributed by atoms with Gasteiger partial charge in [0.2, 0.25) is 5.91 Å². The second-order valence-electron chi connectivity index (χ2n) is 4.59. The number of carbonyl (C=O) groups excluding carboxylic acids is 1. The Balaban J connectivity index is 1.83. The first-order valence-electron chi connectivity index (χ1n) is 6.13. The van der Waals surface area contributed by atoms with E-state index in [-0.39, 0.29) is 11.9 Å². The Bertz CT molecular complexity index is 542. The molecule has 3 rings (SSSR count). The van der Waals surface area contributed by atoms with Crippen LogP contribution < -0.4 is 5.32 Å². The van der Waals surface area contributed by atoms with Crippen molar-refractivity contribution < 1.29 is 4.79 Å². The highest BCUT2D eigenvalue weighted by atomic mass is 32.1. The summed E-state index contributed by atoms with van der Waals surface area (Å²) in [6, 6.07) is 4.20. The standard InChI is InChI=1S/C13H15N3OS/c1-9(13(17)15-10-4-5-10)16-7-6-14-12(16)11-3-2-8-18-11/h2-3,6-10H,4-5H2,1H3,(H,15,17). The van der Waals surface area contributed by atoms with E-state index >= 15 is 0 Å². The maximum atomic E-state index is 12.1. The van der Waals surface area contributed by atoms with Gasteiger partial charge in [0.15, 0.2) is 5.82 Å². The van der Waals surface area contributed by atoms with Crippen LogP contribution in [0.2, 0.25) is 0 Å². The van der Waals surface area contributed by atoms with Crippen molar-refractivity contribution in [3.05, 3.63) is 29.9 Å². The van der Waals surface area contributed by atoms with Gasteiger partial charge in [0, 0.05) is 18.4 Å². The van der Waals surface area contributed by atoms with Crippen LogP contribution in [-0.4, -0.2) is 21.5 Å². The van der Waals surface area contributed by atoms with E-state index in [0.29, 0.717) is 6.04 Å². The summed E-state index contributed by atoms with van der Waals surface area (Å²) in [5, 5.41) is 5.05. The molecule has 1 atom stereocenters. The summed E-state index contributed by atoms with van der Waals surface area (Å²) in [4.78, 5) is 17.5. The van der Waals surface area contributed by atoms with E-state index in [9.17, 15) is 4.79 Å². The van der Waals surface area contributed by atoms with E-state index in [1.165, 1.54) is 0 Å². The average molecular weight is 261 g/mol. The first kappa shape index (κ1) is 11.5. The lowest BCUT2D eigenvalue weighted by Crippen LogP contribution is -2.32. The molecular weight excluding hydrogens is 246 g/mol. The SMILES string of the molecule is CC(C(=O)NC1CC1)n1ccnc1-c1cccs1. The highest BCUT2D eigenvalue weighted by Gasteiger charge is 2.27. The smallest absolute Gasteiger partial charge is 0.243 e. The molecule has 94 valence electrons. The van der Waals surface area contributed by atoms with Gasteiger partial charge in [-0.1, -0.05) is 6.07 Å². The Morgan fingerprint density at radius 1 is 1.61 bits per heavy atom. The van der Waals surface area contributed by atoms with Gasteiger partial charge in [-0.05, 0) is 31.2 Å². The first-order valence-corrected chi connectivity index (χ1v) is 7.01. The molecule has 0 radical (unpaired) electrons. The molecule has 2 heterocycles. The third-order valence-electron chi connectivity index (χ3n) is 3.13. The number of carbonyl (C=O) groups is 1. The molecule has 0 bridgehead atoms. The molecule has 0 saturated heterocycles. The van der Waals surface area contributed by atoms with Gasteiger partial charge in [-0.15, -0.1) is 11.3 Å². The molecule has 1 unspecified atom stereocenters. The van der Waals surface area contributed by atoms with E-state index in [0.717, 1.165) is 23.5 Å². The zero-order valence-corrected chi connectivity index (χ0v) is 11.0. The third kappa shape index (κ3) is 2.18. The van der Waals surface area contributed by atoms with Crippen molar-refractivity contribution in [2.24, 2.45) is 0 Å². The average Bonchev–Trinajstić information content (AvgIpc) is 2.88. The molecule has 1 amide bonds. The van der Waals surface area contributed by atoms with Crippen molar-refractivity contribution in [3.8, 4) is 10.7 Å². The van der Waals surface area contributed by atoms with Crippen molar-refractivity contribution in [2.75, 3.05) is 0 Å². The monoisotopic (exact) mass is 261 g/mol. The molecule has 0 aromatic carbocycles. The molecule has 18 heavy (non-hydrogen) atoms. The Morgan fingerprint density at radius 3 is 3.11 bits per heavy atom. The molecule has 1 N–H and O–H groups in total. The van der Waals surface area contributed by atoms with Crippen LogP contribution in [0.3, 0.4) is 0 Å². The molecule has 1 saturated carbocycles. The molecule has 4 nitrogen and oxygen atoms in total. The van der Waals surface area contributed by atoms with E-state index in [1.807, 2.05) is 35.2 Å². The minimum atomic E-state index is -0.217. The number of imidazole rings is 1. The molecule has 2 aromatic rings. The molecule has 0 spiro atoms. The van der Waals surface area contributed by atoms with Crippen molar-refractivity contribution >= 4 is 17.2 Å². The molecule has 5 heteroatoms. The molecular formula is C13H15N3OS. The van der Waals surface area contributed by atoms with Crippen molar-refractivity contribution in [1.29, 1.82) is 0 Å². The largest absolute Gasteiger partial charge is 0.352 e. The Morgan fingerprint density at radius 2 is 2.44 bits per heavy atom. The lowest BCUT2D eigenvalue weighted by Gasteiger charge is -2.15. The van der Waals surface area contributed by atoms with Crippen LogP contribution in [0.1, 0.15) is 25.8 Å². The summed E-state index contributed by atoms with van der Waals surface area (Å²) >= 11 is 1.64. The van der Waals surface area contributed by atoms with Crippen LogP contribution in [0.15, 0.2) is 29.9 Å². The van der Waals surface area contributed by atoms with Gasteiger partial charge < -0.3 is 9.88 Å². The second-order valence-corrected chi connectivity index (χ2v) is 5.54. The first-order chi connectivity index (χ1) is 8.75. The number of aromatic nitrogens is 2. The highest BCUT2D eigenvalue weighted by molar-refractivity contribution is 7.13. The van der Waals surface area contributed by atoms with E-state index in [1.54, 1.807) is 17.5 Å². The number of hydrogen-bond donors (Lipinski definition) is 1. The van der Waals surface area contributed by atoms with Crippen molar-refractivity contribution in [3.63, 3.8) is 0 Å². The van der Waals surface area contributed by atoms with Crippen molar-refractivity contribution in [1.82, 2.24) is 14.9 Å². The quantitative estimate of drug-likeness (QED) is 0.919. The van der Waals surface area contributed by atoms with Crippen LogP contribution in [0, 0.1) is 0 Å². The molecule has 1 aliphatic carbocycles. The minimum Gasteiger partial charge on any atom is -0.352 e. The maximum Gasteiger partial charge on any atom is 0.243 e. The number of nitrogens with one attached hydrogen (secondary N) is 1. The number of amides is 1. The van der Waals surface area contributed by atoms with E-state index < -0.39 is 0 Å². The Hall–Kier alpha value is -1.62. The van der Waals surface area contributed by atoms with Gasteiger partial charge in [0.05, 0.1) is 4.88 Å². The number of nitrogens with zero attached hydrogens (tertiary/aromatic N) is 2. The van der Waals surface area contributed by atoms with Crippen LogP contribution in [0.25, 0.3) is 10.7 Å². The van der Waals surface area contributed by atoms with Gasteiger partial charge >= 0.3 is 0 Å². The second kappa shape index (κ2) is 4.57. The Labute approximate surface area is 110 Å².